The van der Waals surface area contributed by atoms with Crippen LogP contribution in [0.3, 0.4) is 0 Å². The number of rotatable bonds is 3. The fourth-order valence-electron chi connectivity index (χ4n) is 4.19. The summed E-state index contributed by atoms with van der Waals surface area (Å²) in [5.74, 6) is 0. The maximum atomic E-state index is 13.0. The van der Waals surface area contributed by atoms with Crippen molar-refractivity contribution in [2.24, 2.45) is 5.10 Å². The van der Waals surface area contributed by atoms with Crippen molar-refractivity contribution in [2.45, 2.75) is 19.4 Å². The number of halogens is 2. The number of nitrogens with one attached hydrogen (secondary N) is 1. The summed E-state index contributed by atoms with van der Waals surface area (Å²) < 4.78 is 1.02. The molecule has 154 valence electrons. The number of aromatic nitrogens is 1. The Balaban J connectivity index is 1.65. The zero-order chi connectivity index (χ0) is 21.5. The number of fused-ring (bicyclic) bond motifs is 1. The highest BCUT2D eigenvalue weighted by atomic mass is 79.9. The Labute approximate surface area is 193 Å². The number of H-pyrrole nitrogens is 1. The largest absolute Gasteiger partial charge is 0.321 e. The van der Waals surface area contributed by atoms with Crippen molar-refractivity contribution in [3.05, 3.63) is 109 Å². The number of hydrogen-bond donors (Lipinski definition) is 1. The second-order valence-electron chi connectivity index (χ2n) is 7.64. The van der Waals surface area contributed by atoms with Gasteiger partial charge in [-0.25, -0.2) is 0 Å². The van der Waals surface area contributed by atoms with Crippen molar-refractivity contribution < 1.29 is 0 Å². The molecule has 5 rings (SSSR count). The topological polar surface area (TPSA) is 48.5 Å². The van der Waals surface area contributed by atoms with Gasteiger partial charge >= 0.3 is 0 Å². The standard InChI is InChI=1S/C25H19BrClN3O/c1-15-20-4-2-3-5-21(20)28-25(31)24(15)22-14-23(16-6-8-17(26)9-7-16)30(29-22)19-12-10-18(27)11-13-19/h2-13,23H,14H2,1H3,(H,28,31). The van der Waals surface area contributed by atoms with Crippen molar-refractivity contribution in [3.63, 3.8) is 0 Å². The molecule has 0 saturated carbocycles. The molecule has 1 N–H and O–H groups in total. The summed E-state index contributed by atoms with van der Waals surface area (Å²) in [5.41, 5.74) is 5.18. The van der Waals surface area contributed by atoms with E-state index in [0.29, 0.717) is 17.0 Å². The Morgan fingerprint density at radius 3 is 2.48 bits per heavy atom. The summed E-state index contributed by atoms with van der Waals surface area (Å²) in [6.07, 6.45) is 0.631. The molecule has 4 nitrogen and oxygen atoms in total. The first kappa shape index (κ1) is 20.0. The lowest BCUT2D eigenvalue weighted by Crippen LogP contribution is -2.20. The Kier molecular flexibility index (Phi) is 5.16. The SMILES string of the molecule is Cc1c(C2=NN(c3ccc(Cl)cc3)C(c3ccc(Br)cc3)C2)c(=O)[nH]c2ccccc12. The monoisotopic (exact) mass is 491 g/mol. The lowest BCUT2D eigenvalue weighted by atomic mass is 9.95. The van der Waals surface area contributed by atoms with Crippen LogP contribution in [0.25, 0.3) is 10.9 Å². The van der Waals surface area contributed by atoms with Crippen molar-refractivity contribution in [1.29, 1.82) is 0 Å². The van der Waals surface area contributed by atoms with E-state index in [4.69, 9.17) is 16.7 Å². The molecule has 1 unspecified atom stereocenters. The number of anilines is 1. The van der Waals surface area contributed by atoms with Crippen LogP contribution in [-0.4, -0.2) is 10.7 Å². The van der Waals surface area contributed by atoms with Gasteiger partial charge < -0.3 is 4.98 Å². The van der Waals surface area contributed by atoms with E-state index in [0.717, 1.165) is 37.9 Å². The van der Waals surface area contributed by atoms with Crippen molar-refractivity contribution in [1.82, 2.24) is 4.98 Å². The van der Waals surface area contributed by atoms with Gasteiger partial charge in [0.1, 0.15) is 0 Å². The maximum Gasteiger partial charge on any atom is 0.257 e. The third-order valence-electron chi connectivity index (χ3n) is 5.73. The van der Waals surface area contributed by atoms with Gasteiger partial charge in [-0.2, -0.15) is 5.10 Å². The van der Waals surface area contributed by atoms with Crippen LogP contribution in [0.15, 0.2) is 87.2 Å². The second-order valence-corrected chi connectivity index (χ2v) is 8.99. The first-order valence-electron chi connectivity index (χ1n) is 10.0. The summed E-state index contributed by atoms with van der Waals surface area (Å²) in [4.78, 5) is 16.1. The van der Waals surface area contributed by atoms with Crippen LogP contribution in [0, 0.1) is 6.92 Å². The highest BCUT2D eigenvalue weighted by Gasteiger charge is 2.32. The van der Waals surface area contributed by atoms with Crippen LogP contribution in [0.4, 0.5) is 5.69 Å². The molecule has 0 fully saturated rings. The maximum absolute atomic E-state index is 13.0. The molecule has 3 aromatic carbocycles. The highest BCUT2D eigenvalue weighted by Crippen LogP contribution is 2.37. The van der Waals surface area contributed by atoms with E-state index in [9.17, 15) is 4.79 Å². The smallest absolute Gasteiger partial charge is 0.257 e. The summed E-state index contributed by atoms with van der Waals surface area (Å²) in [5, 5.41) is 8.64. The molecule has 6 heteroatoms. The molecule has 1 aliphatic rings. The van der Waals surface area contributed by atoms with Crippen LogP contribution in [0.2, 0.25) is 5.02 Å². The molecule has 0 radical (unpaired) electrons. The summed E-state index contributed by atoms with van der Waals surface area (Å²) in [6, 6.07) is 23.7. The average Bonchev–Trinajstić information content (AvgIpc) is 3.19. The molecule has 1 aromatic heterocycles. The van der Waals surface area contributed by atoms with Crippen LogP contribution in [-0.2, 0) is 0 Å². The molecule has 0 aliphatic carbocycles. The third kappa shape index (κ3) is 3.68. The van der Waals surface area contributed by atoms with Gasteiger partial charge in [-0.1, -0.05) is 57.9 Å². The Morgan fingerprint density at radius 1 is 1.03 bits per heavy atom. The van der Waals surface area contributed by atoms with Crippen molar-refractivity contribution in [3.8, 4) is 0 Å². The number of para-hydroxylation sites is 1. The number of nitrogens with zero attached hydrogens (tertiary/aromatic N) is 2. The molecule has 1 atom stereocenters. The fourth-order valence-corrected chi connectivity index (χ4v) is 4.58. The second kappa shape index (κ2) is 7.98. The number of benzene rings is 3. The van der Waals surface area contributed by atoms with Crippen LogP contribution >= 0.6 is 27.5 Å². The van der Waals surface area contributed by atoms with Crippen molar-refractivity contribution >= 4 is 49.8 Å². The van der Waals surface area contributed by atoms with Crippen molar-refractivity contribution in [2.75, 3.05) is 5.01 Å². The van der Waals surface area contributed by atoms with Gasteiger partial charge in [0, 0.05) is 26.8 Å². The minimum absolute atomic E-state index is 0.0189. The molecule has 0 amide bonds. The molecule has 1 aliphatic heterocycles. The van der Waals surface area contributed by atoms with Crippen LogP contribution < -0.4 is 10.6 Å². The first-order valence-corrected chi connectivity index (χ1v) is 11.2. The van der Waals surface area contributed by atoms with E-state index in [1.165, 1.54) is 0 Å². The molecule has 0 saturated heterocycles. The number of pyridine rings is 1. The predicted molar refractivity (Wildman–Crippen MR) is 131 cm³/mol. The molecule has 0 spiro atoms. The Morgan fingerprint density at radius 2 is 1.74 bits per heavy atom. The van der Waals surface area contributed by atoms with Crippen LogP contribution in [0.1, 0.15) is 29.2 Å². The van der Waals surface area contributed by atoms with E-state index in [-0.39, 0.29) is 11.6 Å². The number of hydrazone groups is 1. The third-order valence-corrected chi connectivity index (χ3v) is 6.51. The zero-order valence-corrected chi connectivity index (χ0v) is 19.1. The summed E-state index contributed by atoms with van der Waals surface area (Å²) in [7, 11) is 0. The number of aromatic amines is 1. The van der Waals surface area contributed by atoms with Crippen LogP contribution in [0.5, 0.6) is 0 Å². The minimum Gasteiger partial charge on any atom is -0.321 e. The van der Waals surface area contributed by atoms with Gasteiger partial charge in [0.25, 0.3) is 5.56 Å². The van der Waals surface area contributed by atoms with Gasteiger partial charge in [-0.15, -0.1) is 0 Å². The van der Waals surface area contributed by atoms with Gasteiger partial charge in [-0.05, 0) is 60.5 Å². The Bertz CT molecular complexity index is 1360. The van der Waals surface area contributed by atoms with Gasteiger partial charge in [-0.3, -0.25) is 9.80 Å². The molecule has 31 heavy (non-hydrogen) atoms. The summed E-state index contributed by atoms with van der Waals surface area (Å²) >= 11 is 9.62. The Hall–Kier alpha value is -2.89. The zero-order valence-electron chi connectivity index (χ0n) is 16.8. The normalized spacial score (nSPS) is 16.0. The van der Waals surface area contributed by atoms with E-state index >= 15 is 0 Å². The molecule has 4 aromatic rings. The fraction of sp³-hybridized carbons (Fsp3) is 0.120. The van der Waals surface area contributed by atoms with E-state index < -0.39 is 0 Å². The van der Waals surface area contributed by atoms with E-state index in [2.05, 4.69) is 33.0 Å². The quantitative estimate of drug-likeness (QED) is 0.350. The van der Waals surface area contributed by atoms with E-state index in [1.54, 1.807) is 0 Å². The predicted octanol–water partition coefficient (Wildman–Crippen LogP) is 6.61. The first-order chi connectivity index (χ1) is 15.0. The molecule has 0 bridgehead atoms. The highest BCUT2D eigenvalue weighted by molar-refractivity contribution is 9.10. The van der Waals surface area contributed by atoms with Gasteiger partial charge in [0.2, 0.25) is 0 Å². The summed E-state index contributed by atoms with van der Waals surface area (Å²) in [6.45, 7) is 2.00. The van der Waals surface area contributed by atoms with E-state index in [1.807, 2.05) is 72.6 Å². The average molecular weight is 493 g/mol. The van der Waals surface area contributed by atoms with Gasteiger partial charge in [0.15, 0.2) is 0 Å². The van der Waals surface area contributed by atoms with Gasteiger partial charge in [0.05, 0.1) is 23.0 Å². The molecular weight excluding hydrogens is 474 g/mol. The lowest BCUT2D eigenvalue weighted by Gasteiger charge is -2.24. The molecular formula is C25H19BrClN3O. The minimum atomic E-state index is -0.109. The number of hydrogen-bond acceptors (Lipinski definition) is 3. The lowest BCUT2D eigenvalue weighted by molar-refractivity contribution is 0.709. The molecule has 2 heterocycles. The number of aryl methyl sites for hydroxylation is 1.